The van der Waals surface area contributed by atoms with Crippen LogP contribution in [0.25, 0.3) is 0 Å². The van der Waals surface area contributed by atoms with Crippen molar-refractivity contribution in [1.29, 1.82) is 0 Å². The highest BCUT2D eigenvalue weighted by atomic mass is 16.5. The first-order chi connectivity index (χ1) is 29.0. The summed E-state index contributed by atoms with van der Waals surface area (Å²) in [6.07, 6.45) is 55.0. The molecule has 352 valence electrons. The van der Waals surface area contributed by atoms with E-state index in [-0.39, 0.29) is 18.5 Å². The van der Waals surface area contributed by atoms with E-state index in [4.69, 9.17) is 4.74 Å². The number of rotatable bonds is 50. The number of unbranched alkanes of at least 4 members (excludes halogenated alkanes) is 39. The van der Waals surface area contributed by atoms with Gasteiger partial charge in [0.05, 0.1) is 25.4 Å². The van der Waals surface area contributed by atoms with Crippen molar-refractivity contribution >= 4 is 11.9 Å². The predicted octanol–water partition coefficient (Wildman–Crippen LogP) is 16.0. The van der Waals surface area contributed by atoms with Gasteiger partial charge < -0.3 is 20.3 Å². The van der Waals surface area contributed by atoms with Crippen molar-refractivity contribution in [3.05, 3.63) is 0 Å². The average Bonchev–Trinajstić information content (AvgIpc) is 3.24. The number of hydrogen-bond acceptors (Lipinski definition) is 5. The number of aliphatic hydroxyl groups is 2. The Morgan fingerprint density at radius 2 is 0.695 bits per heavy atom. The highest BCUT2D eigenvalue weighted by Crippen LogP contribution is 2.17. The lowest BCUT2D eigenvalue weighted by atomic mass is 10.0. The largest absolute Gasteiger partial charge is 0.466 e. The first kappa shape index (κ1) is 57.9. The monoisotopic (exact) mass is 836 g/mol. The van der Waals surface area contributed by atoms with E-state index in [9.17, 15) is 19.8 Å². The molecule has 0 rings (SSSR count). The fourth-order valence-electron chi connectivity index (χ4n) is 8.52. The van der Waals surface area contributed by atoms with E-state index in [1.165, 1.54) is 225 Å². The SMILES string of the molecule is CCCCCCCCCCCCCCCCCC(O)C(CO)NC(=O)CCCCCCCCCCCCCCCCCOC(=O)CCCCCCCCCCCCCC. The van der Waals surface area contributed by atoms with Crippen LogP contribution in [0.15, 0.2) is 0 Å². The molecule has 59 heavy (non-hydrogen) atoms. The van der Waals surface area contributed by atoms with Crippen LogP contribution in [0.2, 0.25) is 0 Å². The zero-order valence-corrected chi connectivity index (χ0v) is 40.0. The topological polar surface area (TPSA) is 95.9 Å². The van der Waals surface area contributed by atoms with E-state index in [1.54, 1.807) is 0 Å². The van der Waals surface area contributed by atoms with Crippen LogP contribution in [0.1, 0.15) is 303 Å². The summed E-state index contributed by atoms with van der Waals surface area (Å²) in [5, 5.41) is 23.2. The summed E-state index contributed by atoms with van der Waals surface area (Å²) in [6, 6.07) is -0.546. The van der Waals surface area contributed by atoms with Crippen LogP contribution >= 0.6 is 0 Å². The van der Waals surface area contributed by atoms with E-state index in [0.29, 0.717) is 25.9 Å². The number of ether oxygens (including phenoxy) is 1. The zero-order valence-electron chi connectivity index (χ0n) is 40.0. The van der Waals surface area contributed by atoms with Crippen molar-refractivity contribution in [2.45, 2.75) is 315 Å². The van der Waals surface area contributed by atoms with Crippen LogP contribution < -0.4 is 5.32 Å². The molecule has 0 radical (unpaired) electrons. The second-order valence-corrected chi connectivity index (χ2v) is 18.6. The Bertz CT molecular complexity index is 837. The Hall–Kier alpha value is -1.14. The summed E-state index contributed by atoms with van der Waals surface area (Å²) in [5.41, 5.74) is 0. The summed E-state index contributed by atoms with van der Waals surface area (Å²) in [4.78, 5) is 24.5. The Morgan fingerprint density at radius 1 is 0.407 bits per heavy atom. The lowest BCUT2D eigenvalue weighted by molar-refractivity contribution is -0.143. The second-order valence-electron chi connectivity index (χ2n) is 18.6. The molecule has 0 aromatic heterocycles. The molecule has 1 amide bonds. The maximum absolute atomic E-state index is 12.5. The van der Waals surface area contributed by atoms with Crippen LogP contribution in [0, 0.1) is 0 Å². The van der Waals surface area contributed by atoms with Gasteiger partial charge in [0.2, 0.25) is 5.91 Å². The summed E-state index contributed by atoms with van der Waals surface area (Å²) in [7, 11) is 0. The molecule has 0 aliphatic heterocycles. The third-order valence-corrected chi connectivity index (χ3v) is 12.7. The molecule has 0 spiro atoms. The van der Waals surface area contributed by atoms with Gasteiger partial charge in [-0.05, 0) is 25.7 Å². The average molecular weight is 836 g/mol. The minimum Gasteiger partial charge on any atom is -0.466 e. The molecule has 0 bridgehead atoms. The molecule has 0 saturated carbocycles. The maximum atomic E-state index is 12.5. The minimum absolute atomic E-state index is 0.00206. The van der Waals surface area contributed by atoms with Gasteiger partial charge in [-0.2, -0.15) is 0 Å². The summed E-state index contributed by atoms with van der Waals surface area (Å²) in [6.45, 7) is 4.95. The molecule has 0 aliphatic carbocycles. The normalized spacial score (nSPS) is 12.5. The fraction of sp³-hybridized carbons (Fsp3) is 0.962. The van der Waals surface area contributed by atoms with Crippen molar-refractivity contribution < 1.29 is 24.5 Å². The quantitative estimate of drug-likeness (QED) is 0.0419. The Kier molecular flexibility index (Phi) is 48.6. The molecule has 3 N–H and O–H groups in total. The van der Waals surface area contributed by atoms with Crippen LogP contribution in [-0.4, -0.2) is 47.4 Å². The fourth-order valence-corrected chi connectivity index (χ4v) is 8.52. The van der Waals surface area contributed by atoms with Gasteiger partial charge in [0.25, 0.3) is 0 Å². The number of aliphatic hydroxyl groups excluding tert-OH is 2. The van der Waals surface area contributed by atoms with E-state index >= 15 is 0 Å². The van der Waals surface area contributed by atoms with Crippen molar-refractivity contribution in [3.8, 4) is 0 Å². The van der Waals surface area contributed by atoms with E-state index in [0.717, 1.165) is 44.9 Å². The molecule has 0 heterocycles. The summed E-state index contributed by atoms with van der Waals surface area (Å²) >= 11 is 0. The van der Waals surface area contributed by atoms with Crippen LogP contribution in [0.4, 0.5) is 0 Å². The summed E-state index contributed by atoms with van der Waals surface area (Å²) in [5.74, 6) is -0.0391. The third kappa shape index (κ3) is 46.2. The van der Waals surface area contributed by atoms with Gasteiger partial charge >= 0.3 is 5.97 Å². The number of hydrogen-bond donors (Lipinski definition) is 3. The van der Waals surface area contributed by atoms with Gasteiger partial charge in [0, 0.05) is 12.8 Å². The van der Waals surface area contributed by atoms with Gasteiger partial charge in [-0.3, -0.25) is 9.59 Å². The number of esters is 1. The van der Waals surface area contributed by atoms with Crippen LogP contribution in [-0.2, 0) is 14.3 Å². The molecule has 2 atom stereocenters. The Labute approximate surface area is 368 Å². The molecular weight excluding hydrogens is 731 g/mol. The van der Waals surface area contributed by atoms with Gasteiger partial charge in [-0.1, -0.05) is 264 Å². The zero-order chi connectivity index (χ0) is 43.0. The highest BCUT2D eigenvalue weighted by molar-refractivity contribution is 5.76. The first-order valence-corrected chi connectivity index (χ1v) is 26.8. The standard InChI is InChI=1S/C53H105NO5/c1-3-5-7-9-11-13-15-17-19-22-25-29-33-37-41-45-51(56)50(49-55)54-52(57)46-42-38-34-30-26-23-20-18-21-24-28-32-36-40-44-48-59-53(58)47-43-39-35-31-27-16-14-12-10-8-6-4-2/h50-51,55-56H,3-49H2,1-2H3,(H,54,57). The van der Waals surface area contributed by atoms with E-state index in [2.05, 4.69) is 19.2 Å². The van der Waals surface area contributed by atoms with Crippen LogP contribution in [0.3, 0.4) is 0 Å². The molecule has 0 aromatic rings. The third-order valence-electron chi connectivity index (χ3n) is 12.7. The van der Waals surface area contributed by atoms with Crippen molar-refractivity contribution in [2.24, 2.45) is 0 Å². The van der Waals surface area contributed by atoms with Gasteiger partial charge in [-0.15, -0.1) is 0 Å². The molecular formula is C53H105NO5. The van der Waals surface area contributed by atoms with E-state index < -0.39 is 12.1 Å². The molecule has 0 aromatic carbocycles. The molecule has 6 nitrogen and oxygen atoms in total. The molecule has 0 fully saturated rings. The van der Waals surface area contributed by atoms with Crippen LogP contribution in [0.5, 0.6) is 0 Å². The summed E-state index contributed by atoms with van der Waals surface area (Å²) < 4.78 is 5.46. The van der Waals surface area contributed by atoms with E-state index in [1.807, 2.05) is 0 Å². The molecule has 0 aliphatic rings. The lowest BCUT2D eigenvalue weighted by Gasteiger charge is -2.22. The second kappa shape index (κ2) is 49.5. The molecule has 6 heteroatoms. The Morgan fingerprint density at radius 3 is 1.03 bits per heavy atom. The van der Waals surface area contributed by atoms with Crippen molar-refractivity contribution in [3.63, 3.8) is 0 Å². The number of nitrogens with one attached hydrogen (secondary N) is 1. The smallest absolute Gasteiger partial charge is 0.305 e. The predicted molar refractivity (Wildman–Crippen MR) is 255 cm³/mol. The highest BCUT2D eigenvalue weighted by Gasteiger charge is 2.20. The maximum Gasteiger partial charge on any atom is 0.305 e. The van der Waals surface area contributed by atoms with Gasteiger partial charge in [0.1, 0.15) is 0 Å². The van der Waals surface area contributed by atoms with Gasteiger partial charge in [-0.25, -0.2) is 0 Å². The van der Waals surface area contributed by atoms with Crippen molar-refractivity contribution in [2.75, 3.05) is 13.2 Å². The first-order valence-electron chi connectivity index (χ1n) is 26.8. The molecule has 2 unspecified atom stereocenters. The number of carbonyl (C=O) groups is 2. The Balaban J connectivity index is 3.42. The van der Waals surface area contributed by atoms with Gasteiger partial charge in [0.15, 0.2) is 0 Å². The molecule has 0 saturated heterocycles. The minimum atomic E-state index is -0.668. The lowest BCUT2D eigenvalue weighted by Crippen LogP contribution is -2.45. The number of carbonyl (C=O) groups excluding carboxylic acids is 2. The van der Waals surface area contributed by atoms with Crippen molar-refractivity contribution in [1.82, 2.24) is 5.32 Å². The number of amides is 1.